The maximum atomic E-state index is 11.4. The van der Waals surface area contributed by atoms with Gasteiger partial charge in [-0.2, -0.15) is 0 Å². The molecule has 0 aromatic heterocycles. The molecule has 0 aliphatic heterocycles. The number of hydrogen-bond donors (Lipinski definition) is 2. The molecule has 0 fully saturated rings. The summed E-state index contributed by atoms with van der Waals surface area (Å²) in [5, 5.41) is 5.68. The monoisotopic (exact) mass is 496 g/mol. The largest absolute Gasteiger partial charge is 0.326 e. The van der Waals surface area contributed by atoms with Gasteiger partial charge in [-0.15, -0.1) is 0 Å². The van der Waals surface area contributed by atoms with E-state index < -0.39 is 4.08 Å². The molecule has 6 heteroatoms. The predicted molar refractivity (Wildman–Crippen MR) is 146 cm³/mol. The van der Waals surface area contributed by atoms with Gasteiger partial charge in [0.25, 0.3) is 0 Å². The number of thioether (sulfide) groups is 2. The van der Waals surface area contributed by atoms with E-state index in [1.165, 1.54) is 36.1 Å². The molecule has 0 atom stereocenters. The van der Waals surface area contributed by atoms with E-state index in [1.807, 2.05) is 24.3 Å². The molecule has 0 bridgehead atoms. The second-order valence-electron chi connectivity index (χ2n) is 8.32. The highest BCUT2D eigenvalue weighted by Crippen LogP contribution is 2.64. The summed E-state index contributed by atoms with van der Waals surface area (Å²) in [5.41, 5.74) is 6.57. The SMILES string of the molecule is CC(=O)Nc1ccc(SC2(Sc3ccc(NC(C)=O)cc3)c3ccccc3-c3ccccc32)cc1. The highest BCUT2D eigenvalue weighted by molar-refractivity contribution is 8.17. The number of anilines is 2. The van der Waals surface area contributed by atoms with Gasteiger partial charge in [0.05, 0.1) is 0 Å². The molecule has 4 nitrogen and oxygen atoms in total. The molecule has 5 rings (SSSR count). The molecule has 0 unspecified atom stereocenters. The molecule has 174 valence electrons. The van der Waals surface area contributed by atoms with Crippen LogP contribution in [0.15, 0.2) is 107 Å². The minimum absolute atomic E-state index is 0.0845. The van der Waals surface area contributed by atoms with E-state index in [9.17, 15) is 9.59 Å². The van der Waals surface area contributed by atoms with Crippen LogP contribution in [0.2, 0.25) is 0 Å². The zero-order chi connectivity index (χ0) is 24.4. The topological polar surface area (TPSA) is 58.2 Å². The van der Waals surface area contributed by atoms with Crippen molar-refractivity contribution in [1.29, 1.82) is 0 Å². The van der Waals surface area contributed by atoms with Gasteiger partial charge in [-0.25, -0.2) is 0 Å². The van der Waals surface area contributed by atoms with E-state index in [1.54, 1.807) is 23.5 Å². The molecule has 0 saturated heterocycles. The van der Waals surface area contributed by atoms with E-state index in [0.29, 0.717) is 0 Å². The quantitative estimate of drug-likeness (QED) is 0.274. The van der Waals surface area contributed by atoms with Gasteiger partial charge in [-0.3, -0.25) is 9.59 Å². The number of rotatable bonds is 6. The Morgan fingerprint density at radius 3 is 1.31 bits per heavy atom. The fraction of sp³-hybridized carbons (Fsp3) is 0.103. The van der Waals surface area contributed by atoms with Crippen LogP contribution in [0.4, 0.5) is 11.4 Å². The number of carbonyl (C=O) groups excluding carboxylic acids is 2. The first-order chi connectivity index (χ1) is 16.9. The van der Waals surface area contributed by atoms with Crippen LogP contribution in [-0.2, 0) is 13.7 Å². The summed E-state index contributed by atoms with van der Waals surface area (Å²) in [7, 11) is 0. The molecule has 1 aliphatic carbocycles. The average Bonchev–Trinajstić information content (AvgIpc) is 3.11. The molecule has 0 saturated carbocycles. The van der Waals surface area contributed by atoms with Crippen LogP contribution in [0.25, 0.3) is 11.1 Å². The summed E-state index contributed by atoms with van der Waals surface area (Å²) in [6.45, 7) is 3.02. The van der Waals surface area contributed by atoms with Crippen LogP contribution < -0.4 is 10.6 Å². The molecule has 2 amide bonds. The van der Waals surface area contributed by atoms with E-state index in [0.717, 1.165) is 21.2 Å². The molecule has 4 aromatic rings. The molecule has 0 spiro atoms. The molecule has 0 heterocycles. The van der Waals surface area contributed by atoms with Gasteiger partial charge in [0, 0.05) is 35.0 Å². The average molecular weight is 497 g/mol. The second-order valence-corrected chi connectivity index (χ2v) is 11.2. The van der Waals surface area contributed by atoms with E-state index in [-0.39, 0.29) is 11.8 Å². The number of fused-ring (bicyclic) bond motifs is 3. The lowest BCUT2D eigenvalue weighted by atomic mass is 10.1. The van der Waals surface area contributed by atoms with Crippen molar-refractivity contribution in [2.24, 2.45) is 0 Å². The number of carbonyl (C=O) groups is 2. The Labute approximate surface area is 213 Å². The Morgan fingerprint density at radius 2 is 0.943 bits per heavy atom. The molecule has 35 heavy (non-hydrogen) atoms. The summed E-state index contributed by atoms with van der Waals surface area (Å²) >= 11 is 3.60. The Morgan fingerprint density at radius 1 is 0.571 bits per heavy atom. The van der Waals surface area contributed by atoms with Crippen LogP contribution in [-0.4, -0.2) is 11.8 Å². The summed E-state index contributed by atoms with van der Waals surface area (Å²) in [4.78, 5) is 25.1. The zero-order valence-electron chi connectivity index (χ0n) is 19.4. The lowest BCUT2D eigenvalue weighted by Gasteiger charge is -2.31. The number of nitrogens with one attached hydrogen (secondary N) is 2. The van der Waals surface area contributed by atoms with Gasteiger partial charge in [0.15, 0.2) is 0 Å². The predicted octanol–water partition coefficient (Wildman–Crippen LogP) is 7.37. The van der Waals surface area contributed by atoms with Gasteiger partial charge in [-0.1, -0.05) is 72.1 Å². The van der Waals surface area contributed by atoms with E-state index in [2.05, 4.69) is 83.4 Å². The van der Waals surface area contributed by atoms with Crippen molar-refractivity contribution in [2.45, 2.75) is 27.7 Å². The van der Waals surface area contributed by atoms with Crippen LogP contribution in [0.1, 0.15) is 25.0 Å². The Bertz CT molecular complexity index is 1290. The van der Waals surface area contributed by atoms with Gasteiger partial charge in [0.2, 0.25) is 11.8 Å². The summed E-state index contributed by atoms with van der Waals surface area (Å²) in [6.07, 6.45) is 0. The standard InChI is InChI=1S/C29H24N2O2S2/c1-19(32)30-21-11-15-23(16-12-21)34-29(35-24-17-13-22(14-18-24)31-20(2)33)27-9-5-3-7-25(27)26-8-4-6-10-28(26)29/h3-18H,1-2H3,(H,30,32)(H,31,33). The maximum Gasteiger partial charge on any atom is 0.221 e. The third-order valence-electron chi connectivity index (χ3n) is 5.73. The van der Waals surface area contributed by atoms with Crippen LogP contribution in [0.5, 0.6) is 0 Å². The summed E-state index contributed by atoms with van der Waals surface area (Å²) in [5.74, 6) is -0.169. The van der Waals surface area contributed by atoms with Gasteiger partial charge >= 0.3 is 0 Å². The van der Waals surface area contributed by atoms with Crippen LogP contribution in [0, 0.1) is 0 Å². The van der Waals surface area contributed by atoms with Gasteiger partial charge in [0.1, 0.15) is 4.08 Å². The van der Waals surface area contributed by atoms with Crippen LogP contribution in [0.3, 0.4) is 0 Å². The van der Waals surface area contributed by atoms with Crippen molar-refractivity contribution in [3.63, 3.8) is 0 Å². The van der Waals surface area contributed by atoms with Crippen LogP contribution >= 0.6 is 23.5 Å². The van der Waals surface area contributed by atoms with Gasteiger partial charge in [-0.05, 0) is 70.8 Å². The zero-order valence-corrected chi connectivity index (χ0v) is 21.0. The van der Waals surface area contributed by atoms with Crippen molar-refractivity contribution >= 4 is 46.7 Å². The van der Waals surface area contributed by atoms with Crippen molar-refractivity contribution in [1.82, 2.24) is 0 Å². The third-order valence-corrected chi connectivity index (χ3v) is 8.70. The summed E-state index contributed by atoms with van der Waals surface area (Å²) in [6, 6.07) is 33.2. The first-order valence-corrected chi connectivity index (χ1v) is 12.9. The Balaban J connectivity index is 1.59. The molecule has 1 aliphatic rings. The smallest absolute Gasteiger partial charge is 0.221 e. The van der Waals surface area contributed by atoms with Crippen molar-refractivity contribution in [3.05, 3.63) is 108 Å². The molecular formula is C29H24N2O2S2. The summed E-state index contributed by atoms with van der Waals surface area (Å²) < 4.78 is -0.405. The van der Waals surface area contributed by atoms with Crippen molar-refractivity contribution < 1.29 is 9.59 Å². The minimum atomic E-state index is -0.405. The molecule has 2 N–H and O–H groups in total. The van der Waals surface area contributed by atoms with Gasteiger partial charge < -0.3 is 10.6 Å². The fourth-order valence-electron chi connectivity index (χ4n) is 4.35. The molecular weight excluding hydrogens is 472 g/mol. The highest BCUT2D eigenvalue weighted by atomic mass is 32.2. The second kappa shape index (κ2) is 9.64. The number of benzene rings is 4. The first-order valence-electron chi connectivity index (χ1n) is 11.3. The first kappa shape index (κ1) is 23.3. The Hall–Kier alpha value is -3.48. The van der Waals surface area contributed by atoms with Crippen molar-refractivity contribution in [2.75, 3.05) is 10.6 Å². The van der Waals surface area contributed by atoms with E-state index in [4.69, 9.17) is 0 Å². The number of amides is 2. The lowest BCUT2D eigenvalue weighted by Crippen LogP contribution is -2.16. The minimum Gasteiger partial charge on any atom is -0.326 e. The lowest BCUT2D eigenvalue weighted by molar-refractivity contribution is -0.115. The van der Waals surface area contributed by atoms with E-state index >= 15 is 0 Å². The highest BCUT2D eigenvalue weighted by Gasteiger charge is 2.45. The maximum absolute atomic E-state index is 11.4. The van der Waals surface area contributed by atoms with Crippen molar-refractivity contribution in [3.8, 4) is 11.1 Å². The normalized spacial score (nSPS) is 13.0. The Kier molecular flexibility index (Phi) is 6.41. The third kappa shape index (κ3) is 4.72. The number of hydrogen-bond acceptors (Lipinski definition) is 4. The molecule has 0 radical (unpaired) electrons. The fourth-order valence-corrected chi connectivity index (χ4v) is 7.45. The molecule has 4 aromatic carbocycles.